The molecule has 0 spiro atoms. The van der Waals surface area contributed by atoms with Crippen LogP contribution in [0.2, 0.25) is 0 Å². The van der Waals surface area contributed by atoms with Crippen LogP contribution in [0.15, 0.2) is 68.1 Å². The van der Waals surface area contributed by atoms with Crippen molar-refractivity contribution in [3.05, 3.63) is 48.5 Å². The largest absolute Gasteiger partial charge is 0.216 e. The Balaban J connectivity index is 1.74. The number of rotatable bonds is 0. The van der Waals surface area contributed by atoms with E-state index in [1.807, 2.05) is 0 Å². The molecule has 3 aliphatic heterocycles. The third-order valence-electron chi connectivity index (χ3n) is 5.39. The monoisotopic (exact) mass is 326 g/mol. The second-order valence-corrected chi connectivity index (χ2v) is 11.0. The maximum atomic E-state index is 2.43. The maximum Gasteiger partial charge on any atom is 0.216 e. The fourth-order valence-corrected chi connectivity index (χ4v) is 11.7. The molecule has 2 aromatic carbocycles. The van der Waals surface area contributed by atoms with Crippen molar-refractivity contribution in [3.63, 3.8) is 0 Å². The van der Waals surface area contributed by atoms with Crippen molar-refractivity contribution in [2.45, 2.75) is 68.6 Å². The standard InChI is InChI=1S/C20H22S2/c1-2-4-10-16-15(9-3-1)21-17-11-5-7-13-19(17)22(16)20-14-8-6-12-18(20)21/h5-8,11-16H,1-4,9-10H2/q+2. The van der Waals surface area contributed by atoms with Gasteiger partial charge >= 0.3 is 0 Å². The fraction of sp³-hybridized carbons (Fsp3) is 0.400. The summed E-state index contributed by atoms with van der Waals surface area (Å²) in [7, 11) is 0.672. The summed E-state index contributed by atoms with van der Waals surface area (Å²) in [6, 6.07) is 18.8. The van der Waals surface area contributed by atoms with Crippen LogP contribution in [-0.4, -0.2) is 10.5 Å². The molecule has 22 heavy (non-hydrogen) atoms. The fourth-order valence-electron chi connectivity index (χ4n) is 4.47. The van der Waals surface area contributed by atoms with Crippen molar-refractivity contribution < 1.29 is 0 Å². The molecule has 1 saturated carbocycles. The topological polar surface area (TPSA) is 0 Å². The van der Waals surface area contributed by atoms with E-state index in [2.05, 4.69) is 48.5 Å². The predicted molar refractivity (Wildman–Crippen MR) is 96.0 cm³/mol. The van der Waals surface area contributed by atoms with Crippen LogP contribution >= 0.6 is 0 Å². The first-order chi connectivity index (χ1) is 10.9. The zero-order valence-corrected chi connectivity index (χ0v) is 14.5. The first kappa shape index (κ1) is 13.6. The van der Waals surface area contributed by atoms with E-state index in [-0.39, 0.29) is 0 Å². The second-order valence-electron chi connectivity index (χ2n) is 6.64. The Hall–Kier alpha value is -0.860. The minimum absolute atomic E-state index is 0.336. The molecular weight excluding hydrogens is 304 g/mol. The van der Waals surface area contributed by atoms with Crippen LogP contribution in [-0.2, 0) is 21.8 Å². The molecule has 112 valence electrons. The lowest BCUT2D eigenvalue weighted by molar-refractivity contribution is 0.511. The molecule has 2 unspecified atom stereocenters. The molecule has 1 fully saturated rings. The van der Waals surface area contributed by atoms with Crippen molar-refractivity contribution in [1.29, 1.82) is 0 Å². The van der Waals surface area contributed by atoms with Crippen molar-refractivity contribution in [2.75, 3.05) is 0 Å². The molecular formula is C20H22S2+2. The molecule has 2 bridgehead atoms. The van der Waals surface area contributed by atoms with Crippen molar-refractivity contribution >= 4 is 21.8 Å². The van der Waals surface area contributed by atoms with Gasteiger partial charge in [-0.3, -0.25) is 0 Å². The molecule has 2 aromatic rings. The summed E-state index contributed by atoms with van der Waals surface area (Å²) < 4.78 is 0. The van der Waals surface area contributed by atoms with E-state index >= 15 is 0 Å². The summed E-state index contributed by atoms with van der Waals surface area (Å²) in [5, 5.41) is 1.85. The molecule has 0 amide bonds. The number of hydrogen-bond donors (Lipinski definition) is 0. The van der Waals surface area contributed by atoms with Crippen LogP contribution in [0.5, 0.6) is 0 Å². The summed E-state index contributed by atoms with van der Waals surface area (Å²) >= 11 is 0. The molecule has 1 aliphatic carbocycles. The van der Waals surface area contributed by atoms with Crippen LogP contribution in [0.3, 0.4) is 0 Å². The molecule has 0 N–H and O–H groups in total. The van der Waals surface area contributed by atoms with Gasteiger partial charge in [-0.05, 0) is 37.1 Å². The highest BCUT2D eigenvalue weighted by Gasteiger charge is 2.64. The predicted octanol–water partition coefficient (Wildman–Crippen LogP) is 5.18. The van der Waals surface area contributed by atoms with Crippen molar-refractivity contribution in [2.24, 2.45) is 0 Å². The molecule has 0 nitrogen and oxygen atoms in total. The van der Waals surface area contributed by atoms with E-state index in [9.17, 15) is 0 Å². The van der Waals surface area contributed by atoms with Gasteiger partial charge in [0.15, 0.2) is 10.5 Å². The quantitative estimate of drug-likeness (QED) is 0.585. The Morgan fingerprint density at radius 1 is 0.545 bits per heavy atom. The van der Waals surface area contributed by atoms with Crippen LogP contribution in [0.1, 0.15) is 38.5 Å². The van der Waals surface area contributed by atoms with Gasteiger partial charge in [-0.2, -0.15) is 0 Å². The molecule has 0 saturated heterocycles. The van der Waals surface area contributed by atoms with Gasteiger partial charge in [-0.15, -0.1) is 0 Å². The second kappa shape index (κ2) is 5.35. The molecule has 2 heteroatoms. The van der Waals surface area contributed by atoms with Gasteiger partial charge in [0, 0.05) is 12.8 Å². The highest BCUT2D eigenvalue weighted by atomic mass is 32.2. The summed E-state index contributed by atoms with van der Waals surface area (Å²) in [5.41, 5.74) is 0. The zero-order chi connectivity index (χ0) is 14.5. The van der Waals surface area contributed by atoms with Crippen LogP contribution in [0.25, 0.3) is 0 Å². The zero-order valence-electron chi connectivity index (χ0n) is 12.8. The van der Waals surface area contributed by atoms with Gasteiger partial charge in [0.2, 0.25) is 19.6 Å². The Kier molecular flexibility index (Phi) is 3.30. The normalized spacial score (nSPS) is 32.4. The average molecular weight is 327 g/mol. The smallest absolute Gasteiger partial charge is 0.0569 e. The molecule has 0 radical (unpaired) electrons. The SMILES string of the molecule is c1ccc2c(c1)[S+]1c3ccccc3[S+]2C2CCCCCCC21. The third kappa shape index (κ3) is 1.86. The Bertz CT molecular complexity index is 601. The molecule has 4 aliphatic rings. The molecule has 2 atom stereocenters. The highest BCUT2D eigenvalue weighted by Crippen LogP contribution is 2.55. The number of benzene rings is 2. The van der Waals surface area contributed by atoms with Crippen LogP contribution < -0.4 is 0 Å². The van der Waals surface area contributed by atoms with Gasteiger partial charge in [0.05, 0.1) is 21.8 Å². The first-order valence-electron chi connectivity index (χ1n) is 8.59. The van der Waals surface area contributed by atoms with Crippen molar-refractivity contribution in [1.82, 2.24) is 0 Å². The Morgan fingerprint density at radius 2 is 0.909 bits per heavy atom. The van der Waals surface area contributed by atoms with E-state index in [4.69, 9.17) is 0 Å². The maximum absolute atomic E-state index is 2.43. The van der Waals surface area contributed by atoms with Crippen molar-refractivity contribution in [3.8, 4) is 0 Å². The molecule has 6 rings (SSSR count). The van der Waals surface area contributed by atoms with Gasteiger partial charge in [0.25, 0.3) is 0 Å². The lowest BCUT2D eigenvalue weighted by atomic mass is 10.00. The minimum Gasteiger partial charge on any atom is -0.0569 e. The average Bonchev–Trinajstić information content (AvgIpc) is 2.55. The Labute approximate surface area is 139 Å². The van der Waals surface area contributed by atoms with Gasteiger partial charge in [-0.1, -0.05) is 37.1 Å². The summed E-state index contributed by atoms with van der Waals surface area (Å²) in [4.78, 5) is 6.75. The highest BCUT2D eigenvalue weighted by molar-refractivity contribution is 8.06. The summed E-state index contributed by atoms with van der Waals surface area (Å²) in [6.07, 6.45) is 8.73. The number of hydrogen-bond acceptors (Lipinski definition) is 0. The Morgan fingerprint density at radius 3 is 1.27 bits per heavy atom. The van der Waals surface area contributed by atoms with E-state index < -0.39 is 0 Å². The third-order valence-corrected chi connectivity index (χ3v) is 11.5. The van der Waals surface area contributed by atoms with Gasteiger partial charge in [0.1, 0.15) is 0 Å². The van der Waals surface area contributed by atoms with Gasteiger partial charge < -0.3 is 0 Å². The molecule has 0 aromatic heterocycles. The van der Waals surface area contributed by atoms with E-state index in [1.165, 1.54) is 38.5 Å². The summed E-state index contributed by atoms with van der Waals surface area (Å²) in [5.74, 6) is 0. The lowest BCUT2D eigenvalue weighted by Gasteiger charge is -2.37. The summed E-state index contributed by atoms with van der Waals surface area (Å²) in [6.45, 7) is 0. The first-order valence-corrected chi connectivity index (χ1v) is 11.2. The van der Waals surface area contributed by atoms with Crippen LogP contribution in [0, 0.1) is 0 Å². The van der Waals surface area contributed by atoms with E-state index in [1.54, 1.807) is 19.6 Å². The van der Waals surface area contributed by atoms with E-state index in [0.29, 0.717) is 21.8 Å². The minimum atomic E-state index is 0.336. The van der Waals surface area contributed by atoms with Crippen LogP contribution in [0.4, 0.5) is 0 Å². The molecule has 3 heterocycles. The van der Waals surface area contributed by atoms with Gasteiger partial charge in [-0.25, -0.2) is 0 Å². The van der Waals surface area contributed by atoms with E-state index in [0.717, 1.165) is 10.5 Å². The lowest BCUT2D eigenvalue weighted by Crippen LogP contribution is -2.49.